The topological polar surface area (TPSA) is 0 Å². The van der Waals surface area contributed by atoms with Crippen LogP contribution in [0.15, 0.2) is 0 Å². The Labute approximate surface area is 53.3 Å². The summed E-state index contributed by atoms with van der Waals surface area (Å²) in [6, 6.07) is 0. The van der Waals surface area contributed by atoms with Gasteiger partial charge in [0, 0.05) is 0 Å². The fraction of sp³-hybridized carbons (Fsp3) is 1.00. The van der Waals surface area contributed by atoms with E-state index >= 15 is 0 Å². The van der Waals surface area contributed by atoms with Gasteiger partial charge < -0.3 is 0 Å². The molecule has 0 heteroatoms. The zero-order valence-electron chi connectivity index (χ0n) is 6.41. The molecule has 50 valence electrons. The van der Waals surface area contributed by atoms with Gasteiger partial charge in [0.15, 0.2) is 0 Å². The highest BCUT2D eigenvalue weighted by molar-refractivity contribution is 4.44. The molecule has 0 bridgehead atoms. The van der Waals surface area contributed by atoms with Crippen LogP contribution in [0.25, 0.3) is 0 Å². The second-order valence-corrected chi connectivity index (χ2v) is 2.89. The molecule has 0 unspecified atom stereocenters. The largest absolute Gasteiger partial charge is 0.0654 e. The molecule has 0 aliphatic heterocycles. The Hall–Kier alpha value is 0. The molecular weight excluding hydrogens is 96.1 g/mol. The van der Waals surface area contributed by atoms with Gasteiger partial charge in [0.2, 0.25) is 0 Å². The predicted molar refractivity (Wildman–Crippen MR) is 39.0 cm³/mol. The molecule has 0 aromatic rings. The van der Waals surface area contributed by atoms with Crippen LogP contribution in [0.2, 0.25) is 0 Å². The average molecular weight is 114 g/mol. The van der Waals surface area contributed by atoms with Gasteiger partial charge in [-0.2, -0.15) is 0 Å². The number of hydrogen-bond acceptors (Lipinski definition) is 0. The molecule has 0 fully saturated rings. The van der Waals surface area contributed by atoms with Crippen LogP contribution in [0.1, 0.15) is 46.5 Å². The SMILES string of the molecule is CCCCCC(C)C. The second-order valence-electron chi connectivity index (χ2n) is 2.89. The summed E-state index contributed by atoms with van der Waals surface area (Å²) < 4.78 is 0. The van der Waals surface area contributed by atoms with Crippen LogP contribution in [-0.4, -0.2) is 0 Å². The van der Waals surface area contributed by atoms with E-state index in [2.05, 4.69) is 20.8 Å². The summed E-state index contributed by atoms with van der Waals surface area (Å²) in [5, 5.41) is 0. The van der Waals surface area contributed by atoms with Gasteiger partial charge in [0.25, 0.3) is 0 Å². The van der Waals surface area contributed by atoms with Crippen molar-refractivity contribution < 1.29 is 0 Å². The fourth-order valence-corrected chi connectivity index (χ4v) is 0.803. The Morgan fingerprint density at radius 2 is 1.75 bits per heavy atom. The van der Waals surface area contributed by atoms with E-state index < -0.39 is 0 Å². The lowest BCUT2D eigenvalue weighted by molar-refractivity contribution is 0.534. The van der Waals surface area contributed by atoms with Crippen molar-refractivity contribution in [3.05, 3.63) is 0 Å². The van der Waals surface area contributed by atoms with Gasteiger partial charge in [-0.25, -0.2) is 0 Å². The van der Waals surface area contributed by atoms with Gasteiger partial charge in [-0.15, -0.1) is 0 Å². The zero-order chi connectivity index (χ0) is 6.41. The molecule has 0 atom stereocenters. The number of rotatable bonds is 4. The molecule has 0 heterocycles. The minimum atomic E-state index is 0.904. The molecule has 0 aromatic heterocycles. The van der Waals surface area contributed by atoms with E-state index in [9.17, 15) is 0 Å². The van der Waals surface area contributed by atoms with E-state index in [1.807, 2.05) is 0 Å². The quantitative estimate of drug-likeness (QED) is 0.492. The Morgan fingerprint density at radius 3 is 2.12 bits per heavy atom. The van der Waals surface area contributed by atoms with E-state index in [0.717, 1.165) is 5.92 Å². The van der Waals surface area contributed by atoms with E-state index in [1.54, 1.807) is 0 Å². The lowest BCUT2D eigenvalue weighted by Gasteiger charge is -2.00. The average Bonchev–Trinajstić information content (AvgIpc) is 1.66. The summed E-state index contributed by atoms with van der Waals surface area (Å²) >= 11 is 0. The van der Waals surface area contributed by atoms with E-state index in [-0.39, 0.29) is 0 Å². The lowest BCUT2D eigenvalue weighted by Crippen LogP contribution is -1.85. The smallest absolute Gasteiger partial charge is 0.0471 e. The molecular formula is C8H18. The first kappa shape index (κ1) is 8.00. The maximum Gasteiger partial charge on any atom is -0.0471 e. The number of unbranched alkanes of at least 4 members (excludes halogenated alkanes) is 2. The molecule has 0 amide bonds. The van der Waals surface area contributed by atoms with Crippen molar-refractivity contribution in [1.82, 2.24) is 0 Å². The predicted octanol–water partition coefficient (Wildman–Crippen LogP) is 3.22. The second kappa shape index (κ2) is 5.14. The van der Waals surface area contributed by atoms with E-state index in [0.29, 0.717) is 0 Å². The van der Waals surface area contributed by atoms with Crippen LogP contribution in [0.3, 0.4) is 0 Å². The van der Waals surface area contributed by atoms with Gasteiger partial charge in [-0.05, 0) is 5.92 Å². The van der Waals surface area contributed by atoms with Crippen LogP contribution >= 0.6 is 0 Å². The van der Waals surface area contributed by atoms with Crippen LogP contribution < -0.4 is 0 Å². The molecule has 0 radical (unpaired) electrons. The summed E-state index contributed by atoms with van der Waals surface area (Å²) in [5.74, 6) is 0.904. The summed E-state index contributed by atoms with van der Waals surface area (Å²) in [4.78, 5) is 0. The highest BCUT2D eigenvalue weighted by Gasteiger charge is 1.90. The van der Waals surface area contributed by atoms with Crippen LogP contribution in [0.5, 0.6) is 0 Å². The molecule has 0 spiro atoms. The maximum atomic E-state index is 2.29. The third-order valence-electron chi connectivity index (χ3n) is 1.39. The van der Waals surface area contributed by atoms with Crippen LogP contribution in [0.4, 0.5) is 0 Å². The molecule has 0 aliphatic carbocycles. The van der Waals surface area contributed by atoms with E-state index in [4.69, 9.17) is 0 Å². The molecule has 0 rings (SSSR count). The third kappa shape index (κ3) is 6.00. The minimum Gasteiger partial charge on any atom is -0.0654 e. The zero-order valence-corrected chi connectivity index (χ0v) is 6.41. The van der Waals surface area contributed by atoms with Gasteiger partial charge in [0.05, 0.1) is 0 Å². The maximum absolute atomic E-state index is 2.29. The third-order valence-corrected chi connectivity index (χ3v) is 1.39. The monoisotopic (exact) mass is 114 g/mol. The Kier molecular flexibility index (Phi) is 5.14. The van der Waals surface area contributed by atoms with E-state index in [1.165, 1.54) is 25.7 Å². The Balaban J connectivity index is 2.72. The van der Waals surface area contributed by atoms with Crippen molar-refractivity contribution in [2.75, 3.05) is 0 Å². The van der Waals surface area contributed by atoms with Crippen molar-refractivity contribution in [2.45, 2.75) is 46.5 Å². The molecule has 0 N–H and O–H groups in total. The van der Waals surface area contributed by atoms with Gasteiger partial charge in [-0.1, -0.05) is 46.5 Å². The summed E-state index contributed by atoms with van der Waals surface area (Å²) in [6.45, 7) is 6.83. The molecule has 8 heavy (non-hydrogen) atoms. The Bertz CT molecular complexity index is 37.3. The summed E-state index contributed by atoms with van der Waals surface area (Å²) in [6.07, 6.45) is 5.60. The fourth-order valence-electron chi connectivity index (χ4n) is 0.803. The molecule has 0 aliphatic rings. The summed E-state index contributed by atoms with van der Waals surface area (Å²) in [7, 11) is 0. The van der Waals surface area contributed by atoms with Gasteiger partial charge in [-0.3, -0.25) is 0 Å². The molecule has 0 aromatic carbocycles. The van der Waals surface area contributed by atoms with Gasteiger partial charge >= 0.3 is 0 Å². The minimum absolute atomic E-state index is 0.904. The number of hydrogen-bond donors (Lipinski definition) is 0. The highest BCUT2D eigenvalue weighted by atomic mass is 14.0. The van der Waals surface area contributed by atoms with Crippen LogP contribution in [-0.2, 0) is 0 Å². The summed E-state index contributed by atoms with van der Waals surface area (Å²) in [5.41, 5.74) is 0. The first-order valence-corrected chi connectivity index (χ1v) is 3.77. The standard InChI is InChI=1S/C8H18/c1-4-5-6-7-8(2)3/h8H,4-7H2,1-3H3. The first-order valence-electron chi connectivity index (χ1n) is 3.77. The molecule has 0 nitrogen and oxygen atoms in total. The van der Waals surface area contributed by atoms with Crippen molar-refractivity contribution in [3.63, 3.8) is 0 Å². The van der Waals surface area contributed by atoms with Crippen molar-refractivity contribution in [2.24, 2.45) is 5.92 Å². The van der Waals surface area contributed by atoms with Crippen molar-refractivity contribution in [1.29, 1.82) is 0 Å². The van der Waals surface area contributed by atoms with Crippen LogP contribution in [0, 0.1) is 5.92 Å². The van der Waals surface area contributed by atoms with Crippen molar-refractivity contribution >= 4 is 0 Å². The highest BCUT2D eigenvalue weighted by Crippen LogP contribution is 2.06. The first-order chi connectivity index (χ1) is 3.77. The molecule has 0 saturated heterocycles. The van der Waals surface area contributed by atoms with Gasteiger partial charge in [0.1, 0.15) is 0 Å². The normalized spacial score (nSPS) is 10.5. The van der Waals surface area contributed by atoms with Crippen molar-refractivity contribution in [3.8, 4) is 0 Å². The Morgan fingerprint density at radius 1 is 1.12 bits per heavy atom. The lowest BCUT2D eigenvalue weighted by atomic mass is 10.1. The molecule has 0 saturated carbocycles.